The van der Waals surface area contributed by atoms with Crippen LogP contribution in [0.25, 0.3) is 11.3 Å². The van der Waals surface area contributed by atoms with Crippen molar-refractivity contribution >= 4 is 0 Å². The summed E-state index contributed by atoms with van der Waals surface area (Å²) in [6.45, 7) is 3.95. The Labute approximate surface area is 102 Å². The van der Waals surface area contributed by atoms with Gasteiger partial charge in [-0.2, -0.15) is 18.3 Å². The SMILES string of the molecule is CC(C)n1ccc(-c2ccc(C(F)(F)F)nc2)n1. The zero-order valence-electron chi connectivity index (χ0n) is 9.94. The van der Waals surface area contributed by atoms with Crippen LogP contribution in [0.2, 0.25) is 0 Å². The summed E-state index contributed by atoms with van der Waals surface area (Å²) < 4.78 is 38.8. The molecule has 0 atom stereocenters. The van der Waals surface area contributed by atoms with Crippen LogP contribution in [0.15, 0.2) is 30.6 Å². The lowest BCUT2D eigenvalue weighted by Crippen LogP contribution is -2.07. The second-order valence-electron chi connectivity index (χ2n) is 4.20. The molecular formula is C12H12F3N3. The van der Waals surface area contributed by atoms with Crippen LogP contribution in [0.1, 0.15) is 25.6 Å². The molecule has 0 fully saturated rings. The zero-order valence-corrected chi connectivity index (χ0v) is 9.94. The first kappa shape index (κ1) is 12.6. The molecule has 0 spiro atoms. The van der Waals surface area contributed by atoms with Crippen LogP contribution in [0, 0.1) is 0 Å². The number of halogens is 3. The molecule has 2 aromatic heterocycles. The number of rotatable bonds is 2. The highest BCUT2D eigenvalue weighted by Crippen LogP contribution is 2.28. The fraction of sp³-hybridized carbons (Fsp3) is 0.333. The first-order chi connectivity index (χ1) is 8.38. The van der Waals surface area contributed by atoms with E-state index in [1.54, 1.807) is 16.9 Å². The van der Waals surface area contributed by atoms with Crippen molar-refractivity contribution in [1.29, 1.82) is 0 Å². The van der Waals surface area contributed by atoms with Crippen molar-refractivity contribution in [3.63, 3.8) is 0 Å². The number of hydrogen-bond donors (Lipinski definition) is 0. The van der Waals surface area contributed by atoms with Gasteiger partial charge in [0.1, 0.15) is 5.69 Å². The van der Waals surface area contributed by atoms with Crippen molar-refractivity contribution in [3.05, 3.63) is 36.3 Å². The largest absolute Gasteiger partial charge is 0.433 e. The molecule has 2 rings (SSSR count). The average molecular weight is 255 g/mol. The highest BCUT2D eigenvalue weighted by Gasteiger charge is 2.32. The molecule has 0 aliphatic carbocycles. The second kappa shape index (κ2) is 4.44. The Hall–Kier alpha value is -1.85. The Morgan fingerprint density at radius 3 is 2.33 bits per heavy atom. The lowest BCUT2D eigenvalue weighted by Gasteiger charge is -2.06. The topological polar surface area (TPSA) is 30.7 Å². The third kappa shape index (κ3) is 2.52. The van der Waals surface area contributed by atoms with Gasteiger partial charge in [0.15, 0.2) is 0 Å². The Morgan fingerprint density at radius 1 is 1.17 bits per heavy atom. The molecule has 0 saturated heterocycles. The van der Waals surface area contributed by atoms with Crippen LogP contribution in [0.3, 0.4) is 0 Å². The number of alkyl halides is 3. The van der Waals surface area contributed by atoms with E-state index in [1.165, 1.54) is 12.3 Å². The van der Waals surface area contributed by atoms with E-state index in [0.717, 1.165) is 6.07 Å². The minimum Gasteiger partial charge on any atom is -0.270 e. The van der Waals surface area contributed by atoms with E-state index in [0.29, 0.717) is 11.3 Å². The third-order valence-electron chi connectivity index (χ3n) is 2.49. The molecule has 0 radical (unpaired) electrons. The fourth-order valence-electron chi connectivity index (χ4n) is 1.49. The van der Waals surface area contributed by atoms with E-state index >= 15 is 0 Å². The van der Waals surface area contributed by atoms with Gasteiger partial charge >= 0.3 is 6.18 Å². The summed E-state index contributed by atoms with van der Waals surface area (Å²) in [5, 5.41) is 4.27. The predicted molar refractivity (Wildman–Crippen MR) is 60.8 cm³/mol. The molecule has 2 heterocycles. The van der Waals surface area contributed by atoms with Gasteiger partial charge in [0.25, 0.3) is 0 Å². The van der Waals surface area contributed by atoms with Crippen LogP contribution in [0.4, 0.5) is 13.2 Å². The van der Waals surface area contributed by atoms with Crippen LogP contribution >= 0.6 is 0 Å². The van der Waals surface area contributed by atoms with Gasteiger partial charge in [0.05, 0.1) is 5.69 Å². The minimum absolute atomic E-state index is 0.209. The first-order valence-corrected chi connectivity index (χ1v) is 5.46. The van der Waals surface area contributed by atoms with Gasteiger partial charge in [0, 0.05) is 24.0 Å². The molecule has 0 saturated carbocycles. The van der Waals surface area contributed by atoms with Gasteiger partial charge in [-0.25, -0.2) is 0 Å². The summed E-state index contributed by atoms with van der Waals surface area (Å²) in [5.41, 5.74) is 0.293. The Morgan fingerprint density at radius 2 is 1.89 bits per heavy atom. The first-order valence-electron chi connectivity index (χ1n) is 5.46. The lowest BCUT2D eigenvalue weighted by atomic mass is 10.2. The van der Waals surface area contributed by atoms with Crippen LogP contribution in [-0.2, 0) is 6.18 Å². The second-order valence-corrected chi connectivity index (χ2v) is 4.20. The maximum absolute atomic E-state index is 12.3. The highest BCUT2D eigenvalue weighted by atomic mass is 19.4. The number of hydrogen-bond acceptors (Lipinski definition) is 2. The van der Waals surface area contributed by atoms with Gasteiger partial charge in [-0.15, -0.1) is 0 Å². The van der Waals surface area contributed by atoms with Crippen molar-refractivity contribution in [2.45, 2.75) is 26.1 Å². The summed E-state index contributed by atoms with van der Waals surface area (Å²) in [4.78, 5) is 3.41. The molecule has 2 aromatic rings. The molecule has 18 heavy (non-hydrogen) atoms. The summed E-state index contributed by atoms with van der Waals surface area (Å²) in [5.74, 6) is 0. The molecule has 0 aliphatic heterocycles. The smallest absolute Gasteiger partial charge is 0.270 e. The standard InChI is InChI=1S/C12H12F3N3/c1-8(2)18-6-5-10(17-18)9-3-4-11(16-7-9)12(13,14)15/h3-8H,1-2H3. The van der Waals surface area contributed by atoms with Crippen LogP contribution in [-0.4, -0.2) is 14.8 Å². The molecular weight excluding hydrogens is 243 g/mol. The van der Waals surface area contributed by atoms with Crippen molar-refractivity contribution in [2.75, 3.05) is 0 Å². The maximum atomic E-state index is 12.3. The van der Waals surface area contributed by atoms with Gasteiger partial charge in [-0.3, -0.25) is 9.67 Å². The lowest BCUT2D eigenvalue weighted by molar-refractivity contribution is -0.141. The fourth-order valence-corrected chi connectivity index (χ4v) is 1.49. The third-order valence-corrected chi connectivity index (χ3v) is 2.49. The molecule has 3 nitrogen and oxygen atoms in total. The van der Waals surface area contributed by atoms with Crippen molar-refractivity contribution in [2.24, 2.45) is 0 Å². The monoisotopic (exact) mass is 255 g/mol. The molecule has 0 aliphatic rings. The molecule has 0 amide bonds. The van der Waals surface area contributed by atoms with Crippen LogP contribution in [0.5, 0.6) is 0 Å². The molecule has 6 heteroatoms. The van der Waals surface area contributed by atoms with Gasteiger partial charge in [0.2, 0.25) is 0 Å². The van der Waals surface area contributed by atoms with Crippen molar-refractivity contribution in [3.8, 4) is 11.3 Å². The maximum Gasteiger partial charge on any atom is 0.433 e. The Bertz CT molecular complexity index is 526. The summed E-state index contributed by atoms with van der Waals surface area (Å²) in [7, 11) is 0. The average Bonchev–Trinajstić information content (AvgIpc) is 2.77. The van der Waals surface area contributed by atoms with E-state index in [9.17, 15) is 13.2 Å². The van der Waals surface area contributed by atoms with E-state index in [-0.39, 0.29) is 6.04 Å². The summed E-state index contributed by atoms with van der Waals surface area (Å²) in [6, 6.07) is 4.30. The molecule has 0 unspecified atom stereocenters. The number of pyridine rings is 1. The van der Waals surface area contributed by atoms with Crippen molar-refractivity contribution < 1.29 is 13.2 Å². The number of nitrogens with zero attached hydrogens (tertiary/aromatic N) is 3. The quantitative estimate of drug-likeness (QED) is 0.821. The predicted octanol–water partition coefficient (Wildman–Crippen LogP) is 3.54. The molecule has 0 bridgehead atoms. The van der Waals surface area contributed by atoms with Gasteiger partial charge in [-0.05, 0) is 32.0 Å². The molecule has 0 aromatic carbocycles. The normalized spacial score (nSPS) is 12.1. The van der Waals surface area contributed by atoms with E-state index in [4.69, 9.17) is 0 Å². The zero-order chi connectivity index (χ0) is 13.3. The number of aromatic nitrogens is 3. The van der Waals surface area contributed by atoms with Crippen LogP contribution < -0.4 is 0 Å². The van der Waals surface area contributed by atoms with E-state index in [1.807, 2.05) is 13.8 Å². The van der Waals surface area contributed by atoms with Gasteiger partial charge in [-0.1, -0.05) is 0 Å². The van der Waals surface area contributed by atoms with Gasteiger partial charge < -0.3 is 0 Å². The summed E-state index contributed by atoms with van der Waals surface area (Å²) in [6.07, 6.45) is -1.43. The molecule has 0 N–H and O–H groups in total. The van der Waals surface area contributed by atoms with E-state index in [2.05, 4.69) is 10.1 Å². The minimum atomic E-state index is -4.41. The highest BCUT2D eigenvalue weighted by molar-refractivity contribution is 5.57. The summed E-state index contributed by atoms with van der Waals surface area (Å²) >= 11 is 0. The van der Waals surface area contributed by atoms with Crippen molar-refractivity contribution in [1.82, 2.24) is 14.8 Å². The Balaban J connectivity index is 2.29. The Kier molecular flexibility index (Phi) is 3.11. The molecule has 96 valence electrons. The van der Waals surface area contributed by atoms with E-state index < -0.39 is 11.9 Å².